The Morgan fingerprint density at radius 2 is 2.03 bits per heavy atom. The summed E-state index contributed by atoms with van der Waals surface area (Å²) in [6.07, 6.45) is 2.00. The largest absolute Gasteiger partial charge is 0.395 e. The Kier molecular flexibility index (Phi) is 8.12. The highest BCUT2D eigenvalue weighted by Crippen LogP contribution is 2.48. The van der Waals surface area contributed by atoms with E-state index >= 15 is 0 Å². The monoisotopic (exact) mass is 572 g/mol. The summed E-state index contributed by atoms with van der Waals surface area (Å²) in [5.41, 5.74) is 2.19. The number of nitrogens with one attached hydrogen (secondary N) is 2. The topological polar surface area (TPSA) is 147 Å². The Labute approximate surface area is 231 Å². The average molecular weight is 573 g/mol. The van der Waals surface area contributed by atoms with Crippen molar-refractivity contribution in [3.63, 3.8) is 0 Å². The van der Waals surface area contributed by atoms with E-state index in [1.807, 2.05) is 25.1 Å². The summed E-state index contributed by atoms with van der Waals surface area (Å²) in [7, 11) is -3.49. The lowest BCUT2D eigenvalue weighted by atomic mass is 9.72. The molecule has 2 aliphatic rings. The zero-order valence-electron chi connectivity index (χ0n) is 21.8. The van der Waals surface area contributed by atoms with E-state index < -0.39 is 21.1 Å². The van der Waals surface area contributed by atoms with Gasteiger partial charge in [-0.3, -0.25) is 0 Å². The second kappa shape index (κ2) is 11.5. The molecule has 39 heavy (non-hydrogen) atoms. The number of sulfone groups is 1. The number of carbonyl (C=O) groups excluding carboxylic acids is 1. The maximum Gasteiger partial charge on any atom is 0.319 e. The minimum absolute atomic E-state index is 0.0299. The lowest BCUT2D eigenvalue weighted by Crippen LogP contribution is -2.45. The summed E-state index contributed by atoms with van der Waals surface area (Å²) in [6.45, 7) is 5.98. The van der Waals surface area contributed by atoms with Crippen molar-refractivity contribution in [1.82, 2.24) is 20.3 Å². The van der Waals surface area contributed by atoms with Crippen LogP contribution in [0, 0.1) is 5.92 Å². The summed E-state index contributed by atoms with van der Waals surface area (Å²) in [4.78, 5) is 28.0. The van der Waals surface area contributed by atoms with E-state index in [2.05, 4.69) is 27.4 Å². The molecule has 2 amide bonds. The van der Waals surface area contributed by atoms with E-state index in [0.717, 1.165) is 28.4 Å². The maximum absolute atomic E-state index is 13.1. The first-order chi connectivity index (χ1) is 18.8. The molecule has 3 aromatic rings. The first-order valence-electron chi connectivity index (χ1n) is 12.9. The molecule has 2 fully saturated rings. The minimum Gasteiger partial charge on any atom is -0.395 e. The zero-order chi connectivity index (χ0) is 27.6. The molecule has 1 aliphatic carbocycles. The molecule has 1 saturated heterocycles. The normalized spacial score (nSPS) is 23.2. The van der Waals surface area contributed by atoms with E-state index in [9.17, 15) is 13.2 Å². The van der Waals surface area contributed by atoms with Gasteiger partial charge in [-0.2, -0.15) is 0 Å². The quantitative estimate of drug-likeness (QED) is 0.371. The number of aromatic nitrogens is 3. The van der Waals surface area contributed by atoms with Crippen molar-refractivity contribution in [1.29, 1.82) is 0 Å². The van der Waals surface area contributed by atoms with Gasteiger partial charge in [0.2, 0.25) is 14.2 Å². The Morgan fingerprint density at radius 1 is 1.23 bits per heavy atom. The van der Waals surface area contributed by atoms with Crippen LogP contribution in [-0.2, 0) is 14.6 Å². The molecule has 13 heteroatoms. The number of nitrogens with zero attached hydrogens (tertiary/aromatic N) is 4. The first-order valence-corrected chi connectivity index (χ1v) is 15.3. The number of urea groups is 1. The molecule has 3 unspecified atom stereocenters. The number of carbonyl (C=O) groups is 1. The fraction of sp³-hybridized carbons (Fsp3) is 0.462. The van der Waals surface area contributed by atoms with Crippen molar-refractivity contribution in [2.45, 2.75) is 41.8 Å². The number of thiazole rings is 1. The summed E-state index contributed by atoms with van der Waals surface area (Å²) >= 11 is 1.15. The van der Waals surface area contributed by atoms with E-state index in [-0.39, 0.29) is 35.4 Å². The van der Waals surface area contributed by atoms with Crippen LogP contribution in [0.3, 0.4) is 0 Å². The van der Waals surface area contributed by atoms with Crippen molar-refractivity contribution in [3.05, 3.63) is 47.6 Å². The Balaban J connectivity index is 1.43. The summed E-state index contributed by atoms with van der Waals surface area (Å²) in [6, 6.07) is 8.93. The van der Waals surface area contributed by atoms with E-state index in [4.69, 9.17) is 19.8 Å². The van der Waals surface area contributed by atoms with Crippen molar-refractivity contribution in [3.8, 4) is 11.4 Å². The van der Waals surface area contributed by atoms with Gasteiger partial charge < -0.3 is 25.4 Å². The van der Waals surface area contributed by atoms with Gasteiger partial charge in [-0.25, -0.2) is 28.2 Å². The van der Waals surface area contributed by atoms with Gasteiger partial charge in [0.1, 0.15) is 5.82 Å². The lowest BCUT2D eigenvalue weighted by molar-refractivity contribution is 0.0985. The predicted octanol–water partition coefficient (Wildman–Crippen LogP) is 2.90. The Bertz CT molecular complexity index is 1400. The molecular formula is C26H32N6O5S2. The predicted molar refractivity (Wildman–Crippen MR) is 149 cm³/mol. The van der Waals surface area contributed by atoms with Crippen LogP contribution in [0.1, 0.15) is 31.9 Å². The number of aliphatic hydroxyl groups is 1. The van der Waals surface area contributed by atoms with Gasteiger partial charge in [-0.15, -0.1) is 11.3 Å². The van der Waals surface area contributed by atoms with Crippen LogP contribution in [0.15, 0.2) is 46.2 Å². The second-order valence-electron chi connectivity index (χ2n) is 9.86. The molecule has 3 heterocycles. The summed E-state index contributed by atoms with van der Waals surface area (Å²) < 4.78 is 32.0. The molecule has 2 aromatic heterocycles. The van der Waals surface area contributed by atoms with Gasteiger partial charge in [0.05, 0.1) is 36.8 Å². The number of amides is 2. The molecule has 5 rings (SSSR count). The zero-order valence-corrected chi connectivity index (χ0v) is 23.4. The Hall–Kier alpha value is -3.13. The number of hydrogen-bond donors (Lipinski definition) is 3. The van der Waals surface area contributed by atoms with Crippen LogP contribution in [-0.4, -0.2) is 78.7 Å². The lowest BCUT2D eigenvalue weighted by Gasteiger charge is -2.42. The maximum atomic E-state index is 13.1. The number of aliphatic hydroxyl groups excluding tert-OH is 1. The smallest absolute Gasteiger partial charge is 0.319 e. The highest BCUT2D eigenvalue weighted by atomic mass is 32.2. The van der Waals surface area contributed by atoms with Crippen LogP contribution in [0.5, 0.6) is 0 Å². The fourth-order valence-corrected chi connectivity index (χ4v) is 8.17. The molecule has 1 aromatic carbocycles. The highest BCUT2D eigenvalue weighted by molar-refractivity contribution is 7.94. The number of ether oxygens (including phenoxy) is 1. The van der Waals surface area contributed by atoms with Gasteiger partial charge in [-0.05, 0) is 43.5 Å². The molecule has 0 radical (unpaired) electrons. The molecule has 0 bridgehead atoms. The number of hydrogen-bond acceptors (Lipinski definition) is 10. The second-order valence-corrected chi connectivity index (χ2v) is 13.1. The molecule has 208 valence electrons. The number of benzene rings is 1. The fourth-order valence-electron chi connectivity index (χ4n) is 5.06. The number of morpholine rings is 1. The molecular weight excluding hydrogens is 540 g/mol. The van der Waals surface area contributed by atoms with Crippen LogP contribution >= 0.6 is 11.3 Å². The SMILES string of the molecule is CC1C(c2cc(N3CCOC[C@@H]3C)nc(-c3ccc(NC(=O)NCCO)cc3)n2)CC1S(=O)(=O)c1nccs1. The highest BCUT2D eigenvalue weighted by Gasteiger charge is 2.48. The number of anilines is 2. The van der Waals surface area contributed by atoms with Gasteiger partial charge in [0.25, 0.3) is 0 Å². The van der Waals surface area contributed by atoms with E-state index in [1.165, 1.54) is 6.20 Å². The van der Waals surface area contributed by atoms with Crippen LogP contribution in [0.25, 0.3) is 11.4 Å². The summed E-state index contributed by atoms with van der Waals surface area (Å²) in [5, 5.41) is 15.3. The van der Waals surface area contributed by atoms with Crippen molar-refractivity contribution in [2.75, 3.05) is 43.1 Å². The van der Waals surface area contributed by atoms with Gasteiger partial charge in [-0.1, -0.05) is 6.92 Å². The molecule has 0 spiro atoms. The van der Waals surface area contributed by atoms with Gasteiger partial charge >= 0.3 is 6.03 Å². The van der Waals surface area contributed by atoms with Gasteiger partial charge in [0.15, 0.2) is 5.82 Å². The Morgan fingerprint density at radius 3 is 2.69 bits per heavy atom. The van der Waals surface area contributed by atoms with E-state index in [0.29, 0.717) is 37.7 Å². The van der Waals surface area contributed by atoms with Crippen molar-refractivity contribution >= 4 is 38.7 Å². The van der Waals surface area contributed by atoms with E-state index in [1.54, 1.807) is 17.5 Å². The molecule has 11 nitrogen and oxygen atoms in total. The third kappa shape index (κ3) is 5.76. The van der Waals surface area contributed by atoms with Gasteiger partial charge in [0, 0.05) is 47.9 Å². The van der Waals surface area contributed by atoms with Crippen LogP contribution in [0.4, 0.5) is 16.3 Å². The standard InChI is InChI=1S/C26H32N6O5S2/c1-16-15-37-11-9-32(16)23-14-21(20-13-22(17(20)2)39(35,36)26-28-8-12-38-26)30-24(31-23)18-3-5-19(6-4-18)29-25(34)27-7-10-33/h3-6,8,12,14,16-17,20,22,33H,7,9-11,13,15H2,1-2H3,(H2,27,29,34)/t16-,17?,20?,22?/m0/s1. The van der Waals surface area contributed by atoms with Crippen LogP contribution < -0.4 is 15.5 Å². The average Bonchev–Trinajstić information content (AvgIpc) is 3.48. The molecule has 4 atom stereocenters. The molecule has 1 saturated carbocycles. The third-order valence-corrected chi connectivity index (χ3v) is 10.9. The van der Waals surface area contributed by atoms with Crippen molar-refractivity contribution in [2.24, 2.45) is 5.92 Å². The molecule has 1 aliphatic heterocycles. The van der Waals surface area contributed by atoms with Crippen molar-refractivity contribution < 1.29 is 23.1 Å². The summed E-state index contributed by atoms with van der Waals surface area (Å²) in [5.74, 6) is 1.17. The first kappa shape index (κ1) is 27.4. The third-order valence-electron chi connectivity index (χ3n) is 7.33. The molecule has 3 N–H and O–H groups in total. The number of rotatable bonds is 8. The minimum atomic E-state index is -3.49. The van der Waals surface area contributed by atoms with Crippen LogP contribution in [0.2, 0.25) is 0 Å².